The summed E-state index contributed by atoms with van der Waals surface area (Å²) in [5.41, 5.74) is 0.783. The minimum Gasteiger partial charge on any atom is -0.478 e. The lowest BCUT2D eigenvalue weighted by Crippen LogP contribution is -2.29. The smallest absolute Gasteiger partial charge is 0.328 e. The number of carboxylic acid groups (broad SMARTS) is 1. The fourth-order valence-electron chi connectivity index (χ4n) is 2.12. The second-order valence-corrected chi connectivity index (χ2v) is 4.25. The monoisotopic (exact) mass is 269 g/mol. The first kappa shape index (κ1) is 13.8. The normalized spacial score (nSPS) is 10.8. The first-order chi connectivity index (χ1) is 9.63. The number of carboxylic acids is 1. The van der Waals surface area contributed by atoms with Crippen LogP contribution in [0.2, 0.25) is 0 Å². The number of hydrogen-bond acceptors (Lipinski definition) is 2. The number of anilines is 1. The first-order valence-corrected chi connectivity index (χ1v) is 6.33. The van der Waals surface area contributed by atoms with Gasteiger partial charge in [-0.05, 0) is 18.4 Å². The lowest BCUT2D eigenvalue weighted by Gasteiger charge is -2.21. The van der Waals surface area contributed by atoms with Crippen LogP contribution < -0.4 is 4.90 Å². The Bertz CT molecular complexity index is 671. The predicted molar refractivity (Wildman–Crippen MR) is 78.8 cm³/mol. The molecule has 2 aromatic rings. The van der Waals surface area contributed by atoms with E-state index < -0.39 is 5.97 Å². The van der Waals surface area contributed by atoms with Gasteiger partial charge in [0.2, 0.25) is 0 Å². The SMILES string of the molecule is CCN(C(=O)/C=C/C(=O)O)c1cccc2ccccc12. The number of rotatable bonds is 4. The molecular formula is C16H15NO3. The third-order valence-corrected chi connectivity index (χ3v) is 3.01. The Morgan fingerprint density at radius 2 is 1.80 bits per heavy atom. The molecule has 102 valence electrons. The van der Waals surface area contributed by atoms with Gasteiger partial charge in [0, 0.05) is 24.1 Å². The summed E-state index contributed by atoms with van der Waals surface area (Å²) in [6, 6.07) is 13.5. The minimum atomic E-state index is -1.13. The molecule has 20 heavy (non-hydrogen) atoms. The van der Waals surface area contributed by atoms with Gasteiger partial charge in [-0.25, -0.2) is 4.79 Å². The summed E-state index contributed by atoms with van der Waals surface area (Å²) in [6.45, 7) is 2.32. The van der Waals surface area contributed by atoms with Crippen LogP contribution in [0.3, 0.4) is 0 Å². The molecule has 0 aromatic heterocycles. The van der Waals surface area contributed by atoms with Crippen molar-refractivity contribution in [1.29, 1.82) is 0 Å². The summed E-state index contributed by atoms with van der Waals surface area (Å²) < 4.78 is 0. The average Bonchev–Trinajstić information content (AvgIpc) is 2.46. The molecule has 4 heteroatoms. The topological polar surface area (TPSA) is 57.6 Å². The lowest BCUT2D eigenvalue weighted by atomic mass is 10.1. The molecule has 2 aromatic carbocycles. The van der Waals surface area contributed by atoms with Crippen LogP contribution in [-0.4, -0.2) is 23.5 Å². The molecule has 0 saturated carbocycles. The molecule has 0 unspecified atom stereocenters. The fourth-order valence-corrected chi connectivity index (χ4v) is 2.12. The molecule has 0 bridgehead atoms. The van der Waals surface area contributed by atoms with Crippen molar-refractivity contribution in [3.63, 3.8) is 0 Å². The maximum atomic E-state index is 12.1. The number of nitrogens with zero attached hydrogens (tertiary/aromatic N) is 1. The molecule has 1 amide bonds. The lowest BCUT2D eigenvalue weighted by molar-refractivity contribution is -0.131. The van der Waals surface area contributed by atoms with Gasteiger partial charge in [0.05, 0.1) is 5.69 Å². The van der Waals surface area contributed by atoms with Gasteiger partial charge in [-0.3, -0.25) is 4.79 Å². The Morgan fingerprint density at radius 3 is 2.50 bits per heavy atom. The molecule has 0 fully saturated rings. The van der Waals surface area contributed by atoms with Crippen molar-refractivity contribution in [1.82, 2.24) is 0 Å². The van der Waals surface area contributed by atoms with E-state index >= 15 is 0 Å². The highest BCUT2D eigenvalue weighted by molar-refractivity contribution is 6.09. The highest BCUT2D eigenvalue weighted by atomic mass is 16.4. The Balaban J connectivity index is 2.44. The minimum absolute atomic E-state index is 0.341. The summed E-state index contributed by atoms with van der Waals surface area (Å²) in [5, 5.41) is 10.6. The van der Waals surface area contributed by atoms with Crippen molar-refractivity contribution < 1.29 is 14.7 Å². The van der Waals surface area contributed by atoms with Crippen LogP contribution >= 0.6 is 0 Å². The fraction of sp³-hybridized carbons (Fsp3) is 0.125. The van der Waals surface area contributed by atoms with Gasteiger partial charge in [-0.1, -0.05) is 36.4 Å². The molecule has 0 saturated heterocycles. The Labute approximate surface area is 116 Å². The Morgan fingerprint density at radius 1 is 1.10 bits per heavy atom. The first-order valence-electron chi connectivity index (χ1n) is 6.33. The van der Waals surface area contributed by atoms with E-state index in [2.05, 4.69) is 0 Å². The predicted octanol–water partition coefficient (Wildman–Crippen LogP) is 2.83. The van der Waals surface area contributed by atoms with Crippen molar-refractivity contribution >= 4 is 28.3 Å². The van der Waals surface area contributed by atoms with Crippen LogP contribution in [0.25, 0.3) is 10.8 Å². The highest BCUT2D eigenvalue weighted by Crippen LogP contribution is 2.26. The Kier molecular flexibility index (Phi) is 4.15. The molecular weight excluding hydrogens is 254 g/mol. The maximum absolute atomic E-state index is 12.1. The van der Waals surface area contributed by atoms with Gasteiger partial charge in [0.25, 0.3) is 5.91 Å². The maximum Gasteiger partial charge on any atom is 0.328 e. The van der Waals surface area contributed by atoms with E-state index in [9.17, 15) is 9.59 Å². The molecule has 2 rings (SSSR count). The molecule has 4 nitrogen and oxygen atoms in total. The van der Waals surface area contributed by atoms with Crippen LogP contribution in [0.4, 0.5) is 5.69 Å². The van der Waals surface area contributed by atoms with E-state index in [1.165, 1.54) is 0 Å². The van der Waals surface area contributed by atoms with Gasteiger partial charge in [-0.15, -0.1) is 0 Å². The molecule has 0 aliphatic carbocycles. The third-order valence-electron chi connectivity index (χ3n) is 3.01. The van der Waals surface area contributed by atoms with Gasteiger partial charge in [-0.2, -0.15) is 0 Å². The number of aliphatic carboxylic acids is 1. The summed E-state index contributed by atoms with van der Waals surface area (Å²) in [6.07, 6.45) is 1.93. The number of amides is 1. The van der Waals surface area contributed by atoms with Crippen LogP contribution in [-0.2, 0) is 9.59 Å². The zero-order valence-corrected chi connectivity index (χ0v) is 11.1. The number of carbonyl (C=O) groups excluding carboxylic acids is 1. The van der Waals surface area contributed by atoms with Crippen molar-refractivity contribution in [2.45, 2.75) is 6.92 Å². The number of carbonyl (C=O) groups is 2. The molecule has 1 N–H and O–H groups in total. The van der Waals surface area contributed by atoms with Crippen molar-refractivity contribution in [3.05, 3.63) is 54.6 Å². The van der Waals surface area contributed by atoms with E-state index in [0.717, 1.165) is 28.6 Å². The molecule has 0 aliphatic heterocycles. The second kappa shape index (κ2) is 6.02. The van der Waals surface area contributed by atoms with E-state index in [0.29, 0.717) is 6.54 Å². The van der Waals surface area contributed by atoms with Crippen LogP contribution in [0.5, 0.6) is 0 Å². The summed E-state index contributed by atoms with van der Waals surface area (Å²) in [5.74, 6) is -1.47. The summed E-state index contributed by atoms with van der Waals surface area (Å²) in [4.78, 5) is 24.2. The third kappa shape index (κ3) is 2.85. The van der Waals surface area contributed by atoms with E-state index in [4.69, 9.17) is 5.11 Å². The number of likely N-dealkylation sites (N-methyl/N-ethyl adjacent to an activating group) is 1. The van der Waals surface area contributed by atoms with Gasteiger partial charge >= 0.3 is 5.97 Å². The standard InChI is InChI=1S/C16H15NO3/c1-2-17(15(18)10-11-16(19)20)14-9-5-7-12-6-3-4-8-13(12)14/h3-11H,2H2,1H3,(H,19,20)/b11-10+. The summed E-state index contributed by atoms with van der Waals surface area (Å²) >= 11 is 0. The molecule has 0 heterocycles. The summed E-state index contributed by atoms with van der Waals surface area (Å²) in [7, 11) is 0. The van der Waals surface area contributed by atoms with E-state index in [-0.39, 0.29) is 5.91 Å². The Hall–Kier alpha value is -2.62. The number of benzene rings is 2. The van der Waals surface area contributed by atoms with Crippen LogP contribution in [0.1, 0.15) is 6.92 Å². The largest absolute Gasteiger partial charge is 0.478 e. The van der Waals surface area contributed by atoms with Gasteiger partial charge in [0.15, 0.2) is 0 Å². The second-order valence-electron chi connectivity index (χ2n) is 4.25. The molecule has 0 radical (unpaired) electrons. The number of hydrogen-bond donors (Lipinski definition) is 1. The van der Waals surface area contributed by atoms with Crippen LogP contribution in [0.15, 0.2) is 54.6 Å². The zero-order valence-electron chi connectivity index (χ0n) is 11.1. The number of fused-ring (bicyclic) bond motifs is 1. The van der Waals surface area contributed by atoms with E-state index in [1.54, 1.807) is 4.90 Å². The van der Waals surface area contributed by atoms with Crippen molar-refractivity contribution in [2.75, 3.05) is 11.4 Å². The molecule has 0 atom stereocenters. The van der Waals surface area contributed by atoms with Crippen molar-refractivity contribution in [2.24, 2.45) is 0 Å². The van der Waals surface area contributed by atoms with Crippen LogP contribution in [0, 0.1) is 0 Å². The molecule has 0 aliphatic rings. The van der Waals surface area contributed by atoms with E-state index in [1.807, 2.05) is 49.4 Å². The highest BCUT2D eigenvalue weighted by Gasteiger charge is 2.13. The van der Waals surface area contributed by atoms with Crippen molar-refractivity contribution in [3.8, 4) is 0 Å². The quantitative estimate of drug-likeness (QED) is 0.868. The van der Waals surface area contributed by atoms with Gasteiger partial charge < -0.3 is 10.0 Å². The average molecular weight is 269 g/mol. The van der Waals surface area contributed by atoms with Gasteiger partial charge in [0.1, 0.15) is 0 Å². The zero-order chi connectivity index (χ0) is 14.5. The molecule has 0 spiro atoms.